The standard InChI is InChI=1S/C22H23BrO5/c1-3-27-22-13(23)10-12(11-18(22)26-2)19-20-14(24)6-4-8-16(20)28-17-9-5-7-15(25)21(17)19/h10-11,19H,3-9H2,1-2H3. The average molecular weight is 447 g/mol. The Labute approximate surface area is 172 Å². The number of Topliss-reactive ketones (excluding diaryl/α,β-unsaturated/α-hetero) is 2. The van der Waals surface area contributed by atoms with Gasteiger partial charge in [-0.25, -0.2) is 0 Å². The van der Waals surface area contributed by atoms with Gasteiger partial charge in [0.1, 0.15) is 11.5 Å². The van der Waals surface area contributed by atoms with Crippen molar-refractivity contribution >= 4 is 27.5 Å². The molecule has 1 aromatic carbocycles. The van der Waals surface area contributed by atoms with Gasteiger partial charge in [-0.3, -0.25) is 9.59 Å². The van der Waals surface area contributed by atoms with Gasteiger partial charge >= 0.3 is 0 Å². The number of benzene rings is 1. The molecule has 0 aromatic heterocycles. The van der Waals surface area contributed by atoms with Gasteiger partial charge in [0.25, 0.3) is 0 Å². The lowest BCUT2D eigenvalue weighted by molar-refractivity contribution is -0.117. The van der Waals surface area contributed by atoms with Crippen LogP contribution in [0.15, 0.2) is 39.3 Å². The molecule has 28 heavy (non-hydrogen) atoms. The average Bonchev–Trinajstić information content (AvgIpc) is 2.68. The molecule has 0 N–H and O–H groups in total. The van der Waals surface area contributed by atoms with E-state index in [0.717, 1.165) is 47.2 Å². The van der Waals surface area contributed by atoms with Crippen molar-refractivity contribution in [2.24, 2.45) is 0 Å². The van der Waals surface area contributed by atoms with Crippen LogP contribution in [0.4, 0.5) is 0 Å². The third-order valence-corrected chi connectivity index (χ3v) is 6.10. The van der Waals surface area contributed by atoms with Crippen molar-refractivity contribution in [3.8, 4) is 11.5 Å². The number of halogens is 1. The van der Waals surface area contributed by atoms with Crippen LogP contribution in [-0.2, 0) is 14.3 Å². The molecule has 148 valence electrons. The Morgan fingerprint density at radius 3 is 2.18 bits per heavy atom. The first-order chi connectivity index (χ1) is 13.5. The molecule has 0 spiro atoms. The van der Waals surface area contributed by atoms with E-state index in [1.165, 1.54) is 0 Å². The Balaban J connectivity index is 1.91. The Bertz CT molecular complexity index is 870. The van der Waals surface area contributed by atoms with Crippen molar-refractivity contribution in [1.29, 1.82) is 0 Å². The molecule has 0 fully saturated rings. The number of rotatable bonds is 4. The molecular formula is C22H23BrO5. The number of carbonyl (C=O) groups is 2. The number of hydrogen-bond acceptors (Lipinski definition) is 5. The second kappa shape index (κ2) is 7.74. The monoisotopic (exact) mass is 446 g/mol. The predicted molar refractivity (Wildman–Crippen MR) is 107 cm³/mol. The van der Waals surface area contributed by atoms with Crippen molar-refractivity contribution in [3.05, 3.63) is 44.8 Å². The van der Waals surface area contributed by atoms with E-state index < -0.39 is 5.92 Å². The summed E-state index contributed by atoms with van der Waals surface area (Å²) < 4.78 is 18.1. The fourth-order valence-corrected chi connectivity index (χ4v) is 4.92. The lowest BCUT2D eigenvalue weighted by Gasteiger charge is -2.36. The predicted octanol–water partition coefficient (Wildman–Crippen LogP) is 4.98. The molecule has 1 aromatic rings. The molecule has 0 atom stereocenters. The maximum absolute atomic E-state index is 12.9. The minimum Gasteiger partial charge on any atom is -0.493 e. The van der Waals surface area contributed by atoms with Crippen LogP contribution < -0.4 is 9.47 Å². The van der Waals surface area contributed by atoms with Gasteiger partial charge < -0.3 is 14.2 Å². The van der Waals surface area contributed by atoms with Crippen LogP contribution in [0.3, 0.4) is 0 Å². The molecule has 5 nitrogen and oxygen atoms in total. The smallest absolute Gasteiger partial charge is 0.175 e. The molecule has 0 amide bonds. The lowest BCUT2D eigenvalue weighted by atomic mass is 9.73. The van der Waals surface area contributed by atoms with E-state index in [9.17, 15) is 9.59 Å². The first-order valence-corrected chi connectivity index (χ1v) is 10.5. The molecule has 1 heterocycles. The summed E-state index contributed by atoms with van der Waals surface area (Å²) in [6.45, 7) is 2.42. The molecule has 0 saturated carbocycles. The van der Waals surface area contributed by atoms with Crippen molar-refractivity contribution in [3.63, 3.8) is 0 Å². The molecule has 0 radical (unpaired) electrons. The van der Waals surface area contributed by atoms with Crippen LogP contribution in [0.5, 0.6) is 11.5 Å². The van der Waals surface area contributed by atoms with E-state index in [4.69, 9.17) is 14.2 Å². The van der Waals surface area contributed by atoms with E-state index in [1.54, 1.807) is 7.11 Å². The van der Waals surface area contributed by atoms with Crippen LogP contribution >= 0.6 is 15.9 Å². The molecule has 6 heteroatoms. The third kappa shape index (κ3) is 3.17. The lowest BCUT2D eigenvalue weighted by Crippen LogP contribution is -2.30. The largest absolute Gasteiger partial charge is 0.493 e. The van der Waals surface area contributed by atoms with E-state index in [1.807, 2.05) is 19.1 Å². The fraction of sp³-hybridized carbons (Fsp3) is 0.455. The quantitative estimate of drug-likeness (QED) is 0.651. The molecule has 0 bridgehead atoms. The van der Waals surface area contributed by atoms with Crippen molar-refractivity contribution < 1.29 is 23.8 Å². The zero-order chi connectivity index (χ0) is 19.8. The summed E-state index contributed by atoms with van der Waals surface area (Å²) in [4.78, 5) is 25.7. The van der Waals surface area contributed by atoms with E-state index in [0.29, 0.717) is 42.1 Å². The molecule has 4 rings (SSSR count). The summed E-state index contributed by atoms with van der Waals surface area (Å²) in [5, 5.41) is 0. The summed E-state index contributed by atoms with van der Waals surface area (Å²) in [6, 6.07) is 3.81. The SMILES string of the molecule is CCOc1c(Br)cc(C2C3=C(CCCC3=O)OC3=C2C(=O)CCC3)cc1OC. The Kier molecular flexibility index (Phi) is 5.32. The van der Waals surface area contributed by atoms with Gasteiger partial charge in [-0.05, 0) is 53.4 Å². The molecule has 0 saturated heterocycles. The topological polar surface area (TPSA) is 61.8 Å². The van der Waals surface area contributed by atoms with Gasteiger partial charge in [0.05, 0.1) is 18.2 Å². The van der Waals surface area contributed by atoms with Crippen LogP contribution in [0.25, 0.3) is 0 Å². The summed E-state index contributed by atoms with van der Waals surface area (Å²) in [7, 11) is 1.59. The van der Waals surface area contributed by atoms with Crippen molar-refractivity contribution in [2.45, 2.75) is 51.4 Å². The highest BCUT2D eigenvalue weighted by atomic mass is 79.9. The first-order valence-electron chi connectivity index (χ1n) is 9.75. The zero-order valence-electron chi connectivity index (χ0n) is 16.1. The van der Waals surface area contributed by atoms with Gasteiger partial charge in [-0.15, -0.1) is 0 Å². The van der Waals surface area contributed by atoms with Crippen LogP contribution in [0, 0.1) is 0 Å². The minimum atomic E-state index is -0.403. The van der Waals surface area contributed by atoms with E-state index >= 15 is 0 Å². The first kappa shape index (κ1) is 19.2. The fourth-order valence-electron chi connectivity index (χ4n) is 4.34. The molecule has 2 aliphatic carbocycles. The Hall–Kier alpha value is -2.08. The summed E-state index contributed by atoms with van der Waals surface area (Å²) in [6.07, 6.45) is 4.03. The maximum atomic E-state index is 12.9. The highest BCUT2D eigenvalue weighted by Gasteiger charge is 2.42. The number of ketones is 2. The zero-order valence-corrected chi connectivity index (χ0v) is 17.7. The number of allylic oxidation sites excluding steroid dienone is 4. The van der Waals surface area contributed by atoms with Crippen molar-refractivity contribution in [1.82, 2.24) is 0 Å². The van der Waals surface area contributed by atoms with Gasteiger partial charge in [0.2, 0.25) is 0 Å². The van der Waals surface area contributed by atoms with E-state index in [-0.39, 0.29) is 11.6 Å². The number of hydrogen-bond donors (Lipinski definition) is 0. The molecule has 3 aliphatic rings. The Morgan fingerprint density at radius 1 is 1.04 bits per heavy atom. The van der Waals surface area contributed by atoms with Gasteiger partial charge in [0.15, 0.2) is 23.1 Å². The number of ether oxygens (including phenoxy) is 3. The second-order valence-electron chi connectivity index (χ2n) is 7.23. The van der Waals surface area contributed by atoms with Gasteiger partial charge in [0, 0.05) is 42.7 Å². The summed E-state index contributed by atoms with van der Waals surface area (Å²) in [5.41, 5.74) is 2.12. The van der Waals surface area contributed by atoms with Crippen LogP contribution in [-0.4, -0.2) is 25.3 Å². The normalized spacial score (nSPS) is 20.0. The molecular weight excluding hydrogens is 424 g/mol. The van der Waals surface area contributed by atoms with Crippen LogP contribution in [0.1, 0.15) is 56.9 Å². The van der Waals surface area contributed by atoms with Gasteiger partial charge in [-0.2, -0.15) is 0 Å². The number of carbonyl (C=O) groups excluding carboxylic acids is 2. The Morgan fingerprint density at radius 2 is 1.64 bits per heavy atom. The summed E-state index contributed by atoms with van der Waals surface area (Å²) in [5.74, 6) is 2.40. The summed E-state index contributed by atoms with van der Waals surface area (Å²) >= 11 is 3.57. The maximum Gasteiger partial charge on any atom is 0.175 e. The number of methoxy groups -OCH3 is 1. The second-order valence-corrected chi connectivity index (χ2v) is 8.08. The minimum absolute atomic E-state index is 0.0696. The van der Waals surface area contributed by atoms with Gasteiger partial charge in [-0.1, -0.05) is 0 Å². The third-order valence-electron chi connectivity index (χ3n) is 5.51. The highest BCUT2D eigenvalue weighted by molar-refractivity contribution is 9.10. The highest BCUT2D eigenvalue weighted by Crippen LogP contribution is 2.50. The van der Waals surface area contributed by atoms with Crippen LogP contribution in [0.2, 0.25) is 0 Å². The molecule has 1 aliphatic heterocycles. The van der Waals surface area contributed by atoms with E-state index in [2.05, 4.69) is 15.9 Å². The molecule has 0 unspecified atom stereocenters. The van der Waals surface area contributed by atoms with Crippen molar-refractivity contribution in [2.75, 3.05) is 13.7 Å².